The van der Waals surface area contributed by atoms with Crippen LogP contribution in [0.5, 0.6) is 11.6 Å². The summed E-state index contributed by atoms with van der Waals surface area (Å²) in [6, 6.07) is 15.3. The molecule has 0 spiro atoms. The first-order valence-electron chi connectivity index (χ1n) is 9.52. The summed E-state index contributed by atoms with van der Waals surface area (Å²) in [5, 5.41) is 0. The van der Waals surface area contributed by atoms with Gasteiger partial charge >= 0.3 is 5.69 Å². The summed E-state index contributed by atoms with van der Waals surface area (Å²) in [5.74, 6) is 6.73. The minimum atomic E-state index is -0.541. The van der Waals surface area contributed by atoms with Crippen molar-refractivity contribution in [2.75, 3.05) is 0 Å². The Balaban J connectivity index is 2.09. The molecule has 0 saturated carbocycles. The van der Waals surface area contributed by atoms with E-state index in [0.29, 0.717) is 11.3 Å². The zero-order valence-electron chi connectivity index (χ0n) is 17.1. The average Bonchev–Trinajstić information content (AvgIpc) is 2.63. The smallest absolute Gasteiger partial charge is 0.332 e. The fourth-order valence-corrected chi connectivity index (χ4v) is 3.18. The van der Waals surface area contributed by atoms with Crippen molar-refractivity contribution >= 4 is 0 Å². The van der Waals surface area contributed by atoms with E-state index in [0.717, 1.165) is 16.7 Å². The molecule has 2 aromatic carbocycles. The molecule has 5 heteroatoms. The van der Waals surface area contributed by atoms with Crippen molar-refractivity contribution < 1.29 is 4.74 Å². The van der Waals surface area contributed by atoms with Crippen molar-refractivity contribution in [2.24, 2.45) is 0 Å². The third-order valence-corrected chi connectivity index (χ3v) is 4.42. The first-order valence-corrected chi connectivity index (χ1v) is 9.52. The molecule has 5 nitrogen and oxygen atoms in total. The lowest BCUT2D eigenvalue weighted by Crippen LogP contribution is -2.33. The highest BCUT2D eigenvalue weighted by molar-refractivity contribution is 5.39. The maximum absolute atomic E-state index is 12.6. The van der Waals surface area contributed by atoms with E-state index >= 15 is 0 Å². The third-order valence-electron chi connectivity index (χ3n) is 4.42. The highest BCUT2D eigenvalue weighted by Gasteiger charge is 2.19. The topological polar surface area (TPSA) is 64.1 Å². The molecular weight excluding hydrogens is 364 g/mol. The number of hydrogen-bond donors (Lipinski definition) is 1. The van der Waals surface area contributed by atoms with Crippen molar-refractivity contribution in [3.8, 4) is 23.5 Å². The summed E-state index contributed by atoms with van der Waals surface area (Å²) in [5.41, 5.74) is 2.37. The molecule has 0 aliphatic rings. The fraction of sp³-hybridized carbons (Fsp3) is 0.250. The van der Waals surface area contributed by atoms with Crippen LogP contribution in [0.1, 0.15) is 42.0 Å². The van der Waals surface area contributed by atoms with E-state index in [-0.39, 0.29) is 18.3 Å². The minimum absolute atomic E-state index is 0.102. The summed E-state index contributed by atoms with van der Waals surface area (Å²) in [6.45, 7) is 7.83. The lowest BCUT2D eigenvalue weighted by atomic mass is 10.1. The molecule has 0 aliphatic carbocycles. The van der Waals surface area contributed by atoms with Crippen LogP contribution in [0.15, 0.2) is 58.1 Å². The molecule has 1 heterocycles. The second kappa shape index (κ2) is 8.66. The molecule has 29 heavy (non-hydrogen) atoms. The zero-order chi connectivity index (χ0) is 21.0. The lowest BCUT2D eigenvalue weighted by molar-refractivity contribution is 0.413. The predicted molar refractivity (Wildman–Crippen MR) is 115 cm³/mol. The minimum Gasteiger partial charge on any atom is -0.440 e. The molecule has 0 fully saturated rings. The van der Waals surface area contributed by atoms with E-state index < -0.39 is 11.2 Å². The molecule has 0 atom stereocenters. The van der Waals surface area contributed by atoms with Crippen LogP contribution in [-0.2, 0) is 6.54 Å². The Bertz CT molecular complexity index is 1170. The van der Waals surface area contributed by atoms with E-state index in [2.05, 4.69) is 16.8 Å². The zero-order valence-corrected chi connectivity index (χ0v) is 17.1. The highest BCUT2D eigenvalue weighted by atomic mass is 16.5. The van der Waals surface area contributed by atoms with Gasteiger partial charge in [-0.05, 0) is 55.2 Å². The van der Waals surface area contributed by atoms with Gasteiger partial charge in [-0.15, -0.1) is 0 Å². The summed E-state index contributed by atoms with van der Waals surface area (Å²) >= 11 is 0. The molecule has 3 aromatic rings. The monoisotopic (exact) mass is 388 g/mol. The summed E-state index contributed by atoms with van der Waals surface area (Å²) in [4.78, 5) is 27.4. The van der Waals surface area contributed by atoms with Gasteiger partial charge in [0.25, 0.3) is 5.56 Å². The molecule has 3 rings (SSSR count). The van der Waals surface area contributed by atoms with Crippen molar-refractivity contribution in [1.82, 2.24) is 9.55 Å². The van der Waals surface area contributed by atoms with Crippen LogP contribution in [0.3, 0.4) is 0 Å². The van der Waals surface area contributed by atoms with Gasteiger partial charge in [-0.2, -0.15) is 0 Å². The second-order valence-corrected chi connectivity index (χ2v) is 7.31. The SMILES string of the molecule is Cc1cc(C)cc(Oc2c(C(C)C)c(=O)[nH]c(=O)n2CC#Cc2ccccc2)c1. The van der Waals surface area contributed by atoms with Gasteiger partial charge in [-0.1, -0.05) is 50.0 Å². The Morgan fingerprint density at radius 3 is 2.31 bits per heavy atom. The largest absolute Gasteiger partial charge is 0.440 e. The van der Waals surface area contributed by atoms with Crippen molar-refractivity contribution in [1.29, 1.82) is 0 Å². The molecule has 0 aliphatic heterocycles. The van der Waals surface area contributed by atoms with Crippen LogP contribution < -0.4 is 16.0 Å². The number of rotatable bonds is 4. The third kappa shape index (κ3) is 4.85. The van der Waals surface area contributed by atoms with Crippen LogP contribution in [0.25, 0.3) is 0 Å². The molecule has 0 saturated heterocycles. The summed E-state index contributed by atoms with van der Waals surface area (Å²) < 4.78 is 7.48. The van der Waals surface area contributed by atoms with Crippen LogP contribution in [-0.4, -0.2) is 9.55 Å². The van der Waals surface area contributed by atoms with Gasteiger partial charge in [0.1, 0.15) is 5.75 Å². The standard InChI is InChI=1S/C24H24N2O3/c1-16(2)21-22(27)25-24(28)26(12-8-11-19-9-6-5-7-10-19)23(21)29-20-14-17(3)13-18(4)15-20/h5-7,9-10,13-16H,12H2,1-4H3,(H,25,27,28). The Labute approximate surface area is 170 Å². The van der Waals surface area contributed by atoms with Crippen LogP contribution in [0.4, 0.5) is 0 Å². The van der Waals surface area contributed by atoms with Crippen LogP contribution in [0.2, 0.25) is 0 Å². The van der Waals surface area contributed by atoms with E-state index in [1.807, 2.05) is 76.2 Å². The van der Waals surface area contributed by atoms with E-state index in [4.69, 9.17) is 4.74 Å². The number of aryl methyl sites for hydroxylation is 2. The van der Waals surface area contributed by atoms with Gasteiger partial charge in [-0.3, -0.25) is 14.3 Å². The molecule has 148 valence electrons. The average molecular weight is 388 g/mol. The van der Waals surface area contributed by atoms with Gasteiger partial charge in [0.2, 0.25) is 5.88 Å². The quantitative estimate of drug-likeness (QED) is 0.684. The van der Waals surface area contributed by atoms with E-state index in [9.17, 15) is 9.59 Å². The summed E-state index contributed by atoms with van der Waals surface area (Å²) in [6.07, 6.45) is 0. The van der Waals surface area contributed by atoms with Crippen LogP contribution >= 0.6 is 0 Å². The van der Waals surface area contributed by atoms with Gasteiger partial charge in [0, 0.05) is 5.56 Å². The number of hydrogen-bond acceptors (Lipinski definition) is 3. The van der Waals surface area contributed by atoms with Gasteiger partial charge in [0.15, 0.2) is 0 Å². The number of benzene rings is 2. The summed E-state index contributed by atoms with van der Waals surface area (Å²) in [7, 11) is 0. The normalized spacial score (nSPS) is 10.5. The van der Waals surface area contributed by atoms with Crippen molar-refractivity contribution in [3.63, 3.8) is 0 Å². The highest BCUT2D eigenvalue weighted by Crippen LogP contribution is 2.28. The second-order valence-electron chi connectivity index (χ2n) is 7.31. The van der Waals surface area contributed by atoms with Crippen LogP contribution in [0, 0.1) is 25.7 Å². The molecular formula is C24H24N2O3. The van der Waals surface area contributed by atoms with Gasteiger partial charge in [0.05, 0.1) is 12.1 Å². The maximum Gasteiger partial charge on any atom is 0.332 e. The number of aromatic nitrogens is 2. The Hall–Kier alpha value is -3.52. The first-order chi connectivity index (χ1) is 13.8. The van der Waals surface area contributed by atoms with Crippen molar-refractivity contribution in [2.45, 2.75) is 40.2 Å². The number of nitrogens with one attached hydrogen (secondary N) is 1. The number of ether oxygens (including phenoxy) is 1. The van der Waals surface area contributed by atoms with Crippen molar-refractivity contribution in [3.05, 3.63) is 91.6 Å². The van der Waals surface area contributed by atoms with E-state index in [1.165, 1.54) is 4.57 Å². The molecule has 1 N–H and O–H groups in total. The lowest BCUT2D eigenvalue weighted by Gasteiger charge is -2.17. The predicted octanol–water partition coefficient (Wildman–Crippen LogP) is 4.12. The molecule has 0 radical (unpaired) electrons. The fourth-order valence-electron chi connectivity index (χ4n) is 3.18. The molecule has 0 amide bonds. The Kier molecular flexibility index (Phi) is 6.04. The molecule has 0 bridgehead atoms. The number of aromatic amines is 1. The Morgan fingerprint density at radius 2 is 1.69 bits per heavy atom. The molecule has 1 aromatic heterocycles. The Morgan fingerprint density at radius 1 is 1.03 bits per heavy atom. The maximum atomic E-state index is 12.6. The number of H-pyrrole nitrogens is 1. The molecule has 0 unspecified atom stereocenters. The van der Waals surface area contributed by atoms with Gasteiger partial charge in [-0.25, -0.2) is 4.79 Å². The number of nitrogens with zero attached hydrogens (tertiary/aromatic N) is 1. The first kappa shape index (κ1) is 20.2. The van der Waals surface area contributed by atoms with E-state index in [1.54, 1.807) is 0 Å². The van der Waals surface area contributed by atoms with Gasteiger partial charge < -0.3 is 4.74 Å².